The van der Waals surface area contributed by atoms with E-state index in [-0.39, 0.29) is 30.1 Å². The molecule has 0 bridgehead atoms. The van der Waals surface area contributed by atoms with Gasteiger partial charge in [0.05, 0.1) is 37.6 Å². The predicted octanol–water partition coefficient (Wildman–Crippen LogP) is 3.70. The number of benzene rings is 2. The van der Waals surface area contributed by atoms with Crippen molar-refractivity contribution < 1.29 is 23.5 Å². The highest BCUT2D eigenvalue weighted by Crippen LogP contribution is 2.36. The molecule has 12 heteroatoms. The summed E-state index contributed by atoms with van der Waals surface area (Å²) >= 11 is 0. The Morgan fingerprint density at radius 1 is 1.02 bits per heavy atom. The van der Waals surface area contributed by atoms with Gasteiger partial charge in [0.2, 0.25) is 17.6 Å². The topological polar surface area (TPSA) is 150 Å². The number of hydrogen-bond donors (Lipinski definition) is 2. The number of carbonyl (C=O) groups excluding carboxylic acids is 2. The molecule has 0 aliphatic heterocycles. The van der Waals surface area contributed by atoms with Gasteiger partial charge < -0.3 is 24.5 Å². The second-order valence-electron chi connectivity index (χ2n) is 10.8. The monoisotopic (exact) mass is 588 g/mol. The third-order valence-electron chi connectivity index (χ3n) is 7.20. The van der Waals surface area contributed by atoms with Gasteiger partial charge in [-0.1, -0.05) is 50.2 Å². The number of nitrogens with one attached hydrogen (secondary N) is 2. The maximum Gasteiger partial charge on any atom is 0.294 e. The number of hydrogen-bond acceptors (Lipinski definition) is 10. The average Bonchev–Trinajstić information content (AvgIpc) is 3.52. The van der Waals surface area contributed by atoms with Gasteiger partial charge in [-0.25, -0.2) is 4.98 Å². The molecule has 0 radical (unpaired) electrons. The third kappa shape index (κ3) is 6.42. The number of aromatic nitrogens is 4. The fourth-order valence-corrected chi connectivity index (χ4v) is 4.61. The lowest BCUT2D eigenvalue weighted by Gasteiger charge is -2.22. The largest absolute Gasteiger partial charge is 0.493 e. The summed E-state index contributed by atoms with van der Waals surface area (Å²) in [5.41, 5.74) is 0.744. The lowest BCUT2D eigenvalue weighted by molar-refractivity contribution is -0.122. The maximum atomic E-state index is 13.6. The molecule has 2 aromatic heterocycles. The van der Waals surface area contributed by atoms with Crippen LogP contribution < -0.4 is 25.7 Å². The van der Waals surface area contributed by atoms with Crippen LogP contribution in [0.15, 0.2) is 63.9 Å². The van der Waals surface area contributed by atoms with E-state index in [0.717, 1.165) is 11.1 Å². The second-order valence-corrected chi connectivity index (χ2v) is 10.8. The Labute approximate surface area is 249 Å². The Morgan fingerprint density at radius 2 is 1.72 bits per heavy atom. The van der Waals surface area contributed by atoms with Crippen molar-refractivity contribution >= 4 is 17.5 Å². The highest BCUT2D eigenvalue weighted by molar-refractivity contribution is 5.98. The van der Waals surface area contributed by atoms with E-state index < -0.39 is 28.7 Å². The smallest absolute Gasteiger partial charge is 0.294 e. The zero-order valence-electron chi connectivity index (χ0n) is 25.3. The minimum atomic E-state index is -0.980. The van der Waals surface area contributed by atoms with Crippen LogP contribution in [-0.2, 0) is 16.8 Å². The SMILES string of the molecule is CNc1ncc(-c2ccccc2)n(CC(=O)NC(C(=O)c2nnc(C(C)(C)c3ccc(OC)c(OC)c3)o2)C(C)C)c1=O. The highest BCUT2D eigenvalue weighted by Gasteiger charge is 2.34. The first-order valence-electron chi connectivity index (χ1n) is 13.7. The van der Waals surface area contributed by atoms with Crippen molar-refractivity contribution in [3.63, 3.8) is 0 Å². The molecule has 4 rings (SSSR count). The van der Waals surface area contributed by atoms with Crippen LogP contribution in [0.3, 0.4) is 0 Å². The van der Waals surface area contributed by atoms with E-state index in [1.807, 2.05) is 56.3 Å². The summed E-state index contributed by atoms with van der Waals surface area (Å²) in [6.07, 6.45) is 1.53. The van der Waals surface area contributed by atoms with Crippen LogP contribution in [0, 0.1) is 5.92 Å². The molecule has 1 unspecified atom stereocenters. The number of anilines is 1. The lowest BCUT2D eigenvalue weighted by Crippen LogP contribution is -2.46. The summed E-state index contributed by atoms with van der Waals surface area (Å²) in [5, 5.41) is 13.7. The van der Waals surface area contributed by atoms with Crippen molar-refractivity contribution in [1.29, 1.82) is 0 Å². The second kappa shape index (κ2) is 12.9. The summed E-state index contributed by atoms with van der Waals surface area (Å²) in [4.78, 5) is 44.2. The van der Waals surface area contributed by atoms with Gasteiger partial charge in [0.25, 0.3) is 11.4 Å². The minimum Gasteiger partial charge on any atom is -0.493 e. The van der Waals surface area contributed by atoms with Crippen molar-refractivity contribution in [3.8, 4) is 22.8 Å². The van der Waals surface area contributed by atoms with Gasteiger partial charge in [0.15, 0.2) is 17.3 Å². The molecule has 0 fully saturated rings. The van der Waals surface area contributed by atoms with Gasteiger partial charge in [-0.05, 0) is 43.0 Å². The lowest BCUT2D eigenvalue weighted by atomic mass is 9.84. The van der Waals surface area contributed by atoms with Gasteiger partial charge in [-0.2, -0.15) is 0 Å². The summed E-state index contributed by atoms with van der Waals surface area (Å²) in [5.74, 6) is -0.196. The Morgan fingerprint density at radius 3 is 2.35 bits per heavy atom. The summed E-state index contributed by atoms with van der Waals surface area (Å²) < 4.78 is 18.0. The number of ether oxygens (including phenoxy) is 2. The quantitative estimate of drug-likeness (QED) is 0.235. The van der Waals surface area contributed by atoms with Crippen LogP contribution in [0.1, 0.15) is 49.8 Å². The van der Waals surface area contributed by atoms with Crippen molar-refractivity contribution in [1.82, 2.24) is 25.1 Å². The van der Waals surface area contributed by atoms with E-state index in [4.69, 9.17) is 13.9 Å². The van der Waals surface area contributed by atoms with E-state index in [2.05, 4.69) is 25.8 Å². The summed E-state index contributed by atoms with van der Waals surface area (Å²) in [7, 11) is 4.68. The van der Waals surface area contributed by atoms with Gasteiger partial charge in [-0.3, -0.25) is 19.0 Å². The van der Waals surface area contributed by atoms with Crippen LogP contribution in [0.2, 0.25) is 0 Å². The van der Waals surface area contributed by atoms with E-state index in [9.17, 15) is 14.4 Å². The van der Waals surface area contributed by atoms with Crippen LogP contribution in [-0.4, -0.2) is 58.7 Å². The number of carbonyl (C=O) groups is 2. The predicted molar refractivity (Wildman–Crippen MR) is 161 cm³/mol. The van der Waals surface area contributed by atoms with Crippen molar-refractivity contribution in [2.24, 2.45) is 5.92 Å². The zero-order chi connectivity index (χ0) is 31.3. The van der Waals surface area contributed by atoms with Gasteiger partial charge in [0.1, 0.15) is 6.54 Å². The molecular weight excluding hydrogens is 552 g/mol. The molecule has 1 atom stereocenters. The van der Waals surface area contributed by atoms with Crippen LogP contribution in [0.5, 0.6) is 11.5 Å². The molecule has 226 valence electrons. The molecule has 12 nitrogen and oxygen atoms in total. The molecule has 2 heterocycles. The summed E-state index contributed by atoms with van der Waals surface area (Å²) in [6.45, 7) is 7.02. The standard InChI is InChI=1S/C31H36N6O6/c1-18(2)25(34-24(38)17-37-21(19-11-9-8-10-12-19)16-33-27(32-5)29(37)40)26(39)28-35-36-30(43-28)31(3,4)20-13-14-22(41-6)23(15-20)42-7/h8-16,18,25H,17H2,1-7H3,(H,32,33)(H,34,38). The molecule has 0 spiro atoms. The highest BCUT2D eigenvalue weighted by atomic mass is 16.5. The van der Waals surface area contributed by atoms with Crippen LogP contribution in [0.25, 0.3) is 11.3 Å². The third-order valence-corrected chi connectivity index (χ3v) is 7.20. The Hall–Kier alpha value is -5.00. The first-order valence-corrected chi connectivity index (χ1v) is 13.7. The molecule has 43 heavy (non-hydrogen) atoms. The van der Waals surface area contributed by atoms with Crippen LogP contribution in [0.4, 0.5) is 5.82 Å². The molecular formula is C31H36N6O6. The average molecular weight is 589 g/mol. The van der Waals surface area contributed by atoms with Crippen molar-refractivity contribution in [2.75, 3.05) is 26.6 Å². The van der Waals surface area contributed by atoms with Crippen molar-refractivity contribution in [3.05, 3.63) is 82.4 Å². The van der Waals surface area contributed by atoms with Gasteiger partial charge in [-0.15, -0.1) is 10.2 Å². The first kappa shape index (κ1) is 30.9. The van der Waals surface area contributed by atoms with E-state index >= 15 is 0 Å². The molecule has 2 aromatic carbocycles. The molecule has 0 saturated heterocycles. The molecule has 1 amide bonds. The molecule has 0 aliphatic rings. The number of nitrogens with zero attached hydrogens (tertiary/aromatic N) is 4. The molecule has 4 aromatic rings. The number of methoxy groups -OCH3 is 2. The van der Waals surface area contributed by atoms with E-state index in [1.165, 1.54) is 10.8 Å². The molecule has 0 saturated carbocycles. The Kier molecular flexibility index (Phi) is 9.27. The first-order chi connectivity index (χ1) is 20.5. The van der Waals surface area contributed by atoms with Gasteiger partial charge in [0, 0.05) is 7.05 Å². The van der Waals surface area contributed by atoms with E-state index in [0.29, 0.717) is 17.2 Å². The maximum absolute atomic E-state index is 13.6. The van der Waals surface area contributed by atoms with Crippen LogP contribution >= 0.6 is 0 Å². The summed E-state index contributed by atoms with van der Waals surface area (Å²) in [6, 6.07) is 13.6. The number of amides is 1. The number of Topliss-reactive ketones (excluding diaryl/α,β-unsaturated/α-hetero) is 1. The zero-order valence-corrected chi connectivity index (χ0v) is 25.3. The van der Waals surface area contributed by atoms with Crippen molar-refractivity contribution in [2.45, 2.75) is 45.7 Å². The van der Waals surface area contributed by atoms with E-state index in [1.54, 1.807) is 41.2 Å². The number of rotatable bonds is 12. The fraction of sp³-hybridized carbons (Fsp3) is 0.355. The Balaban J connectivity index is 1.58. The molecule has 0 aliphatic carbocycles. The normalized spacial score (nSPS) is 12.1. The minimum absolute atomic E-state index is 0.0967. The number of ketones is 1. The Bertz CT molecular complexity index is 1660. The molecule has 2 N–H and O–H groups in total. The van der Waals surface area contributed by atoms with Gasteiger partial charge >= 0.3 is 0 Å². The fourth-order valence-electron chi connectivity index (χ4n) is 4.61.